The first-order chi connectivity index (χ1) is 14.0. The summed E-state index contributed by atoms with van der Waals surface area (Å²) in [6.07, 6.45) is 4.20. The molecule has 1 fully saturated rings. The number of furan rings is 1. The van der Waals surface area contributed by atoms with Crippen molar-refractivity contribution in [3.63, 3.8) is 0 Å². The molecule has 1 aromatic heterocycles. The van der Waals surface area contributed by atoms with Crippen LogP contribution in [-0.4, -0.2) is 36.5 Å². The van der Waals surface area contributed by atoms with Crippen molar-refractivity contribution in [2.24, 2.45) is 0 Å². The average Bonchev–Trinajstić information content (AvgIpc) is 3.36. The van der Waals surface area contributed by atoms with E-state index in [9.17, 15) is 14.4 Å². The first-order valence-electron chi connectivity index (χ1n) is 9.74. The SMILES string of the molecule is COC(=O)[C@H](Cc1ccccc1)NC(=O)CC[C@@]1(Cc2ccco2)CCC(=O)N1. The van der Waals surface area contributed by atoms with Crippen molar-refractivity contribution in [1.82, 2.24) is 10.6 Å². The highest BCUT2D eigenvalue weighted by Gasteiger charge is 2.38. The molecule has 3 rings (SSSR count). The van der Waals surface area contributed by atoms with E-state index >= 15 is 0 Å². The Hall–Kier alpha value is -3.09. The summed E-state index contributed by atoms with van der Waals surface area (Å²) in [6.45, 7) is 0. The standard InChI is InChI=1S/C22H26N2O5/c1-28-21(27)18(14-16-6-3-2-4-7-16)23-19(25)9-11-22(12-10-20(26)24-22)15-17-8-5-13-29-17/h2-8,13,18H,9-12,14-15H2,1H3,(H,23,25)(H,24,26)/t18-,22-/m0/s1. The molecule has 0 bridgehead atoms. The van der Waals surface area contributed by atoms with Gasteiger partial charge in [-0.15, -0.1) is 0 Å². The maximum absolute atomic E-state index is 12.6. The summed E-state index contributed by atoms with van der Waals surface area (Å²) in [5.41, 5.74) is 0.424. The molecule has 7 heteroatoms. The van der Waals surface area contributed by atoms with Gasteiger partial charge in [-0.3, -0.25) is 9.59 Å². The lowest BCUT2D eigenvalue weighted by atomic mass is 9.87. The molecule has 2 amide bonds. The highest BCUT2D eigenvalue weighted by molar-refractivity contribution is 5.85. The first kappa shape index (κ1) is 20.6. The number of hydrogen-bond acceptors (Lipinski definition) is 5. The Morgan fingerprint density at radius 2 is 2.03 bits per heavy atom. The lowest BCUT2D eigenvalue weighted by Crippen LogP contribution is -2.46. The number of ether oxygens (including phenoxy) is 1. The fourth-order valence-corrected chi connectivity index (χ4v) is 3.73. The van der Waals surface area contributed by atoms with Crippen LogP contribution >= 0.6 is 0 Å². The van der Waals surface area contributed by atoms with Crippen LogP contribution in [-0.2, 0) is 32.0 Å². The molecule has 2 heterocycles. The van der Waals surface area contributed by atoms with Gasteiger partial charge in [0.1, 0.15) is 11.8 Å². The molecule has 0 spiro atoms. The monoisotopic (exact) mass is 398 g/mol. The Morgan fingerprint density at radius 3 is 2.66 bits per heavy atom. The molecule has 0 unspecified atom stereocenters. The molecule has 0 radical (unpaired) electrons. The van der Waals surface area contributed by atoms with E-state index in [2.05, 4.69) is 10.6 Å². The fraction of sp³-hybridized carbons (Fsp3) is 0.409. The van der Waals surface area contributed by atoms with E-state index in [4.69, 9.17) is 9.15 Å². The number of benzene rings is 1. The summed E-state index contributed by atoms with van der Waals surface area (Å²) in [5, 5.41) is 5.80. The molecule has 29 heavy (non-hydrogen) atoms. The molecule has 1 aliphatic heterocycles. The highest BCUT2D eigenvalue weighted by Crippen LogP contribution is 2.29. The van der Waals surface area contributed by atoms with Gasteiger partial charge in [0.2, 0.25) is 11.8 Å². The number of amides is 2. The summed E-state index contributed by atoms with van der Waals surface area (Å²) >= 11 is 0. The van der Waals surface area contributed by atoms with Gasteiger partial charge >= 0.3 is 5.97 Å². The number of methoxy groups -OCH3 is 1. The zero-order valence-corrected chi connectivity index (χ0v) is 16.5. The molecule has 0 aliphatic carbocycles. The van der Waals surface area contributed by atoms with Gasteiger partial charge in [0.05, 0.1) is 13.4 Å². The van der Waals surface area contributed by atoms with Crippen molar-refractivity contribution in [3.8, 4) is 0 Å². The number of hydrogen-bond donors (Lipinski definition) is 2. The summed E-state index contributed by atoms with van der Waals surface area (Å²) in [4.78, 5) is 36.6. The summed E-state index contributed by atoms with van der Waals surface area (Å²) in [7, 11) is 1.30. The van der Waals surface area contributed by atoms with Crippen molar-refractivity contribution in [1.29, 1.82) is 0 Å². The molecule has 2 atom stereocenters. The van der Waals surface area contributed by atoms with E-state index in [1.807, 2.05) is 36.4 Å². The highest BCUT2D eigenvalue weighted by atomic mass is 16.5. The second-order valence-corrected chi connectivity index (χ2v) is 7.42. The van der Waals surface area contributed by atoms with Crippen molar-refractivity contribution in [3.05, 3.63) is 60.1 Å². The van der Waals surface area contributed by atoms with Crippen LogP contribution in [0.1, 0.15) is 37.0 Å². The second kappa shape index (κ2) is 9.41. The Balaban J connectivity index is 1.61. The van der Waals surface area contributed by atoms with Crippen LogP contribution in [0.3, 0.4) is 0 Å². The third-order valence-corrected chi connectivity index (χ3v) is 5.26. The van der Waals surface area contributed by atoms with Crippen LogP contribution in [0.4, 0.5) is 0 Å². The minimum Gasteiger partial charge on any atom is -0.469 e. The summed E-state index contributed by atoms with van der Waals surface area (Å²) in [5.74, 6) is 0.00979. The van der Waals surface area contributed by atoms with E-state index in [0.717, 1.165) is 11.3 Å². The van der Waals surface area contributed by atoms with E-state index < -0.39 is 17.6 Å². The van der Waals surface area contributed by atoms with Gasteiger partial charge in [-0.05, 0) is 30.5 Å². The number of rotatable bonds is 9. The quantitative estimate of drug-likeness (QED) is 0.631. The number of carbonyl (C=O) groups is 3. The minimum atomic E-state index is -0.755. The van der Waals surface area contributed by atoms with Crippen LogP contribution in [0.15, 0.2) is 53.1 Å². The van der Waals surface area contributed by atoms with Gasteiger partial charge in [0.25, 0.3) is 0 Å². The zero-order chi connectivity index (χ0) is 20.7. The Bertz CT molecular complexity index is 834. The first-order valence-corrected chi connectivity index (χ1v) is 9.74. The Labute approximate surface area is 169 Å². The van der Waals surface area contributed by atoms with Crippen LogP contribution in [0.25, 0.3) is 0 Å². The van der Waals surface area contributed by atoms with Crippen LogP contribution < -0.4 is 10.6 Å². The molecule has 1 aliphatic rings. The molecule has 1 aromatic carbocycles. The minimum absolute atomic E-state index is 0.0199. The van der Waals surface area contributed by atoms with E-state index in [1.54, 1.807) is 12.3 Å². The van der Waals surface area contributed by atoms with E-state index in [-0.39, 0.29) is 18.2 Å². The molecule has 1 saturated heterocycles. The maximum Gasteiger partial charge on any atom is 0.328 e. The molecule has 2 N–H and O–H groups in total. The van der Waals surface area contributed by atoms with Crippen molar-refractivity contribution < 1.29 is 23.5 Å². The normalized spacial score (nSPS) is 19.4. The summed E-state index contributed by atoms with van der Waals surface area (Å²) in [6, 6.07) is 12.4. The van der Waals surface area contributed by atoms with Crippen molar-refractivity contribution >= 4 is 17.8 Å². The molecule has 0 saturated carbocycles. The smallest absolute Gasteiger partial charge is 0.328 e. The van der Waals surface area contributed by atoms with E-state index in [1.165, 1.54) is 7.11 Å². The molecule has 154 valence electrons. The number of esters is 1. The molecular formula is C22H26N2O5. The van der Waals surface area contributed by atoms with Gasteiger partial charge in [-0.1, -0.05) is 30.3 Å². The van der Waals surface area contributed by atoms with Gasteiger partial charge in [-0.25, -0.2) is 4.79 Å². The number of carbonyl (C=O) groups excluding carboxylic acids is 3. The second-order valence-electron chi connectivity index (χ2n) is 7.42. The zero-order valence-electron chi connectivity index (χ0n) is 16.5. The third-order valence-electron chi connectivity index (χ3n) is 5.26. The van der Waals surface area contributed by atoms with Crippen molar-refractivity contribution in [2.45, 2.75) is 50.1 Å². The van der Waals surface area contributed by atoms with Gasteiger partial charge in [0.15, 0.2) is 0 Å². The maximum atomic E-state index is 12.6. The predicted molar refractivity (Wildman–Crippen MR) is 106 cm³/mol. The molecule has 7 nitrogen and oxygen atoms in total. The topological polar surface area (TPSA) is 97.6 Å². The van der Waals surface area contributed by atoms with Gasteiger partial charge in [0, 0.05) is 31.2 Å². The fourth-order valence-electron chi connectivity index (χ4n) is 3.73. The Morgan fingerprint density at radius 1 is 1.24 bits per heavy atom. The Kier molecular flexibility index (Phi) is 6.69. The summed E-state index contributed by atoms with van der Waals surface area (Å²) < 4.78 is 10.3. The average molecular weight is 398 g/mol. The lowest BCUT2D eigenvalue weighted by Gasteiger charge is -2.28. The van der Waals surface area contributed by atoms with Gasteiger partial charge < -0.3 is 19.8 Å². The van der Waals surface area contributed by atoms with E-state index in [0.29, 0.717) is 32.1 Å². The third kappa shape index (κ3) is 5.70. The van der Waals surface area contributed by atoms with Crippen LogP contribution in [0.5, 0.6) is 0 Å². The van der Waals surface area contributed by atoms with Crippen molar-refractivity contribution in [2.75, 3.05) is 7.11 Å². The molecular weight excluding hydrogens is 372 g/mol. The van der Waals surface area contributed by atoms with Gasteiger partial charge in [-0.2, -0.15) is 0 Å². The van der Waals surface area contributed by atoms with Crippen LogP contribution in [0, 0.1) is 0 Å². The predicted octanol–water partition coefficient (Wildman–Crippen LogP) is 2.15. The molecule has 2 aromatic rings. The van der Waals surface area contributed by atoms with Crippen LogP contribution in [0.2, 0.25) is 0 Å². The number of nitrogens with one attached hydrogen (secondary N) is 2. The largest absolute Gasteiger partial charge is 0.469 e. The lowest BCUT2D eigenvalue weighted by molar-refractivity contribution is -0.145.